The Hall–Kier alpha value is -1.42. The molecule has 0 atom stereocenters. The Bertz CT molecular complexity index is 342. The lowest BCUT2D eigenvalue weighted by atomic mass is 10.2. The van der Waals surface area contributed by atoms with Crippen molar-refractivity contribution < 1.29 is 4.79 Å². The van der Waals surface area contributed by atoms with Crippen LogP contribution < -0.4 is 4.90 Å². The van der Waals surface area contributed by atoms with Gasteiger partial charge in [-0.3, -0.25) is 9.78 Å². The summed E-state index contributed by atoms with van der Waals surface area (Å²) in [4.78, 5) is 19.3. The summed E-state index contributed by atoms with van der Waals surface area (Å²) in [6.07, 6.45) is 2.56. The van der Waals surface area contributed by atoms with Gasteiger partial charge in [0.2, 0.25) is 0 Å². The summed E-state index contributed by atoms with van der Waals surface area (Å²) < 4.78 is 0. The number of anilines is 1. The largest absolute Gasteiger partial charge is 0.368 e. The maximum Gasteiger partial charge on any atom is 0.168 e. The zero-order chi connectivity index (χ0) is 11.4. The molecule has 86 valence electrons. The van der Waals surface area contributed by atoms with Gasteiger partial charge < -0.3 is 9.80 Å². The van der Waals surface area contributed by atoms with Crippen molar-refractivity contribution >= 4 is 12.0 Å². The molecule has 0 N–H and O–H groups in total. The quantitative estimate of drug-likeness (QED) is 0.712. The van der Waals surface area contributed by atoms with Gasteiger partial charge in [0, 0.05) is 26.2 Å². The molecule has 16 heavy (non-hydrogen) atoms. The van der Waals surface area contributed by atoms with Crippen molar-refractivity contribution in [1.82, 2.24) is 9.88 Å². The van der Waals surface area contributed by atoms with Crippen LogP contribution in [0.5, 0.6) is 0 Å². The van der Waals surface area contributed by atoms with Crippen LogP contribution in [0, 0.1) is 0 Å². The van der Waals surface area contributed by atoms with E-state index in [-0.39, 0.29) is 0 Å². The summed E-state index contributed by atoms with van der Waals surface area (Å²) in [5, 5.41) is 0. The Morgan fingerprint density at radius 1 is 1.31 bits per heavy atom. The van der Waals surface area contributed by atoms with Gasteiger partial charge in [-0.2, -0.15) is 0 Å². The van der Waals surface area contributed by atoms with Crippen LogP contribution >= 0.6 is 0 Å². The van der Waals surface area contributed by atoms with Gasteiger partial charge in [-0.15, -0.1) is 0 Å². The summed E-state index contributed by atoms with van der Waals surface area (Å²) >= 11 is 0. The van der Waals surface area contributed by atoms with Crippen molar-refractivity contribution in [2.24, 2.45) is 0 Å². The maximum atomic E-state index is 10.5. The maximum absolute atomic E-state index is 10.5. The molecule has 1 aliphatic heterocycles. The molecular formula is C12H17N3O. The number of likely N-dealkylation sites (N-methyl/N-ethyl adjacent to an activating group) is 1. The first-order valence-corrected chi connectivity index (χ1v) is 5.72. The van der Waals surface area contributed by atoms with E-state index in [0.29, 0.717) is 5.69 Å². The molecule has 0 aliphatic carbocycles. The lowest BCUT2D eigenvalue weighted by Gasteiger charge is -2.35. The Morgan fingerprint density at radius 2 is 2.06 bits per heavy atom. The molecule has 4 heteroatoms. The summed E-state index contributed by atoms with van der Waals surface area (Å²) in [5.74, 6) is 0. The molecule has 0 saturated carbocycles. The number of hydrogen-bond acceptors (Lipinski definition) is 4. The molecule has 1 aromatic rings. The van der Waals surface area contributed by atoms with E-state index in [1.165, 1.54) is 0 Å². The highest BCUT2D eigenvalue weighted by Gasteiger charge is 2.15. The fourth-order valence-electron chi connectivity index (χ4n) is 1.98. The molecule has 1 saturated heterocycles. The third-order valence-electron chi connectivity index (χ3n) is 3.08. The number of aldehydes is 1. The van der Waals surface area contributed by atoms with Crippen LogP contribution in [0.1, 0.15) is 17.4 Å². The SMILES string of the molecule is CCN1CCN(c2ccc(C=O)nc2)CC1. The highest BCUT2D eigenvalue weighted by Crippen LogP contribution is 2.14. The fraction of sp³-hybridized carbons (Fsp3) is 0.500. The molecule has 0 bridgehead atoms. The Labute approximate surface area is 95.9 Å². The molecule has 0 unspecified atom stereocenters. The number of nitrogens with zero attached hydrogens (tertiary/aromatic N) is 3. The predicted octanol–water partition coefficient (Wildman–Crippen LogP) is 1.04. The lowest BCUT2D eigenvalue weighted by molar-refractivity contribution is 0.111. The number of piperazine rings is 1. The Kier molecular flexibility index (Phi) is 3.51. The molecule has 2 rings (SSSR count). The molecule has 0 radical (unpaired) electrons. The first kappa shape index (κ1) is 11.1. The average Bonchev–Trinajstić information content (AvgIpc) is 2.39. The number of aromatic nitrogens is 1. The smallest absolute Gasteiger partial charge is 0.168 e. The highest BCUT2D eigenvalue weighted by molar-refractivity contribution is 5.72. The van der Waals surface area contributed by atoms with Crippen molar-refractivity contribution in [1.29, 1.82) is 0 Å². The van der Waals surface area contributed by atoms with Crippen molar-refractivity contribution in [2.75, 3.05) is 37.6 Å². The minimum absolute atomic E-state index is 0.496. The molecule has 4 nitrogen and oxygen atoms in total. The minimum atomic E-state index is 0.496. The van der Waals surface area contributed by atoms with Crippen molar-refractivity contribution in [3.05, 3.63) is 24.0 Å². The first-order valence-electron chi connectivity index (χ1n) is 5.72. The summed E-state index contributed by atoms with van der Waals surface area (Å²) in [5.41, 5.74) is 1.61. The minimum Gasteiger partial charge on any atom is -0.368 e. The summed E-state index contributed by atoms with van der Waals surface area (Å²) in [6, 6.07) is 3.74. The van der Waals surface area contributed by atoms with E-state index in [1.54, 1.807) is 12.3 Å². The van der Waals surface area contributed by atoms with Crippen LogP contribution in [0.15, 0.2) is 18.3 Å². The molecular weight excluding hydrogens is 202 g/mol. The Balaban J connectivity index is 1.99. The van der Waals surface area contributed by atoms with E-state index < -0.39 is 0 Å². The van der Waals surface area contributed by atoms with E-state index in [4.69, 9.17) is 0 Å². The third-order valence-corrected chi connectivity index (χ3v) is 3.08. The number of hydrogen-bond donors (Lipinski definition) is 0. The van der Waals surface area contributed by atoms with E-state index in [1.807, 2.05) is 6.07 Å². The van der Waals surface area contributed by atoms with E-state index >= 15 is 0 Å². The van der Waals surface area contributed by atoms with E-state index in [0.717, 1.165) is 44.7 Å². The van der Waals surface area contributed by atoms with E-state index in [9.17, 15) is 4.79 Å². The molecule has 0 amide bonds. The topological polar surface area (TPSA) is 36.4 Å². The van der Waals surface area contributed by atoms with Crippen LogP contribution in [0.25, 0.3) is 0 Å². The number of rotatable bonds is 3. The van der Waals surface area contributed by atoms with Gasteiger partial charge in [0.05, 0.1) is 11.9 Å². The van der Waals surface area contributed by atoms with Gasteiger partial charge in [-0.05, 0) is 18.7 Å². The third kappa shape index (κ3) is 2.39. The fourth-order valence-corrected chi connectivity index (χ4v) is 1.98. The van der Waals surface area contributed by atoms with Gasteiger partial charge in [-0.25, -0.2) is 0 Å². The van der Waals surface area contributed by atoms with Gasteiger partial charge in [0.15, 0.2) is 6.29 Å². The molecule has 1 aliphatic rings. The van der Waals surface area contributed by atoms with Crippen molar-refractivity contribution in [2.45, 2.75) is 6.92 Å². The van der Waals surface area contributed by atoms with Crippen LogP contribution in [0.2, 0.25) is 0 Å². The van der Waals surface area contributed by atoms with Crippen molar-refractivity contribution in [3.63, 3.8) is 0 Å². The second-order valence-corrected chi connectivity index (χ2v) is 3.98. The van der Waals surface area contributed by atoms with Gasteiger partial charge in [0.25, 0.3) is 0 Å². The summed E-state index contributed by atoms with van der Waals surface area (Å²) in [6.45, 7) is 7.59. The van der Waals surface area contributed by atoms with Crippen molar-refractivity contribution in [3.8, 4) is 0 Å². The molecule has 0 aromatic carbocycles. The van der Waals surface area contributed by atoms with Gasteiger partial charge >= 0.3 is 0 Å². The molecule has 1 fully saturated rings. The average molecular weight is 219 g/mol. The second-order valence-electron chi connectivity index (χ2n) is 3.98. The Morgan fingerprint density at radius 3 is 2.56 bits per heavy atom. The monoisotopic (exact) mass is 219 g/mol. The zero-order valence-corrected chi connectivity index (χ0v) is 9.59. The zero-order valence-electron chi connectivity index (χ0n) is 9.59. The number of pyridine rings is 1. The standard InChI is InChI=1S/C12H17N3O/c1-2-14-5-7-15(8-6-14)12-4-3-11(10-16)13-9-12/h3-4,9-10H,2,5-8H2,1H3. The van der Waals surface area contributed by atoms with Gasteiger partial charge in [-0.1, -0.05) is 6.92 Å². The predicted molar refractivity (Wildman–Crippen MR) is 64.0 cm³/mol. The highest BCUT2D eigenvalue weighted by atomic mass is 16.1. The van der Waals surface area contributed by atoms with E-state index in [2.05, 4.69) is 21.7 Å². The lowest BCUT2D eigenvalue weighted by Crippen LogP contribution is -2.46. The molecule has 1 aromatic heterocycles. The number of carbonyl (C=O) groups excluding carboxylic acids is 1. The van der Waals surface area contributed by atoms with Gasteiger partial charge in [0.1, 0.15) is 5.69 Å². The van der Waals surface area contributed by atoms with Crippen LogP contribution in [0.4, 0.5) is 5.69 Å². The summed E-state index contributed by atoms with van der Waals surface area (Å²) in [7, 11) is 0. The van der Waals surface area contributed by atoms with Crippen LogP contribution in [0.3, 0.4) is 0 Å². The molecule has 2 heterocycles. The second kappa shape index (κ2) is 5.07. The molecule has 0 spiro atoms. The van der Waals surface area contributed by atoms with Crippen LogP contribution in [-0.4, -0.2) is 48.9 Å². The normalized spacial score (nSPS) is 17.4. The first-order chi connectivity index (χ1) is 7.83. The van der Waals surface area contributed by atoms with Crippen LogP contribution in [-0.2, 0) is 0 Å². The number of carbonyl (C=O) groups is 1.